The molecule has 0 spiro atoms. The molecule has 2 rings (SSSR count). The zero-order valence-corrected chi connectivity index (χ0v) is 16.2. The number of nitrogens with zero attached hydrogens (tertiary/aromatic N) is 3. The van der Waals surface area contributed by atoms with E-state index < -0.39 is 64.6 Å². The molecule has 15 heteroatoms. The van der Waals surface area contributed by atoms with Crippen molar-refractivity contribution in [2.45, 2.75) is 31.2 Å². The van der Waals surface area contributed by atoms with E-state index in [1.54, 1.807) is 0 Å². The van der Waals surface area contributed by atoms with Gasteiger partial charge in [0, 0.05) is 24.7 Å². The molecule has 32 heavy (non-hydrogen) atoms. The molecule has 0 radical (unpaired) electrons. The van der Waals surface area contributed by atoms with Crippen molar-refractivity contribution in [3.63, 3.8) is 0 Å². The quantitative estimate of drug-likeness (QED) is 0.355. The highest BCUT2D eigenvalue weighted by Gasteiger charge is 2.40. The maximum atomic E-state index is 12.6. The van der Waals surface area contributed by atoms with Gasteiger partial charge in [-0.3, -0.25) is 14.9 Å². The Hall–Kier alpha value is -3.26. The van der Waals surface area contributed by atoms with Crippen LogP contribution in [0.1, 0.15) is 23.2 Å². The number of amides is 2. The van der Waals surface area contributed by atoms with Crippen LogP contribution >= 0.6 is 0 Å². The van der Waals surface area contributed by atoms with Crippen LogP contribution in [0.5, 0.6) is 0 Å². The highest BCUT2D eigenvalue weighted by Crippen LogP contribution is 2.29. The third-order valence-electron chi connectivity index (χ3n) is 4.62. The largest absolute Gasteiger partial charge is 0.465 e. The summed E-state index contributed by atoms with van der Waals surface area (Å²) in [5.41, 5.74) is -1.65. The van der Waals surface area contributed by atoms with E-state index in [4.69, 9.17) is 5.11 Å². The minimum atomic E-state index is -5.12. The number of benzene rings is 1. The molecule has 0 saturated carbocycles. The lowest BCUT2D eigenvalue weighted by molar-refractivity contribution is -0.384. The van der Waals surface area contributed by atoms with Gasteiger partial charge in [-0.1, -0.05) is 0 Å². The van der Waals surface area contributed by atoms with E-state index in [2.05, 4.69) is 5.32 Å². The molecular weight excluding hydrogens is 454 g/mol. The van der Waals surface area contributed by atoms with E-state index in [1.165, 1.54) is 0 Å². The molecule has 1 aromatic rings. The molecule has 1 aliphatic rings. The summed E-state index contributed by atoms with van der Waals surface area (Å²) in [7, 11) is 0. The number of halogens is 6. The molecule has 1 saturated heterocycles. The average Bonchev–Trinajstić information content (AvgIpc) is 3.11. The van der Waals surface area contributed by atoms with E-state index in [0.717, 1.165) is 17.0 Å². The van der Waals surface area contributed by atoms with Gasteiger partial charge in [-0.2, -0.15) is 26.3 Å². The highest BCUT2D eigenvalue weighted by atomic mass is 19.4. The number of alkyl halides is 6. The molecule has 1 fully saturated rings. The average molecular weight is 472 g/mol. The number of carbonyl (C=O) groups excluding carboxylic acids is 1. The topological polar surface area (TPSA) is 116 Å². The lowest BCUT2D eigenvalue weighted by Gasteiger charge is -2.25. The van der Waals surface area contributed by atoms with Gasteiger partial charge in [0.2, 0.25) is 0 Å². The summed E-state index contributed by atoms with van der Waals surface area (Å²) in [5, 5.41) is 23.2. The first-order valence-electron chi connectivity index (χ1n) is 9.12. The molecular formula is C17H18F6N4O5. The van der Waals surface area contributed by atoms with Gasteiger partial charge in [0.15, 0.2) is 0 Å². The monoisotopic (exact) mass is 472 g/mol. The molecule has 0 unspecified atom stereocenters. The second kappa shape index (κ2) is 9.48. The summed E-state index contributed by atoms with van der Waals surface area (Å²) in [6.07, 6.45) is -10.3. The molecule has 1 aromatic carbocycles. The Balaban J connectivity index is 2.25. The predicted molar refractivity (Wildman–Crippen MR) is 97.4 cm³/mol. The summed E-state index contributed by atoms with van der Waals surface area (Å²) >= 11 is 0. The van der Waals surface area contributed by atoms with Crippen LogP contribution in [-0.4, -0.2) is 76.4 Å². The lowest BCUT2D eigenvalue weighted by atomic mass is 10.1. The van der Waals surface area contributed by atoms with Gasteiger partial charge < -0.3 is 20.2 Å². The summed E-state index contributed by atoms with van der Waals surface area (Å²) in [6, 6.07) is 1.93. The van der Waals surface area contributed by atoms with Crippen LogP contribution in [-0.2, 0) is 0 Å². The Morgan fingerprint density at radius 1 is 1.19 bits per heavy atom. The zero-order chi connectivity index (χ0) is 24.3. The first-order chi connectivity index (χ1) is 14.7. The number of hydrogen-bond donors (Lipinski definition) is 2. The van der Waals surface area contributed by atoms with Crippen molar-refractivity contribution < 1.29 is 46.0 Å². The summed E-state index contributed by atoms with van der Waals surface area (Å²) < 4.78 is 75.8. The standard InChI is InChI=1S/C17H18F6N4O5/c18-16(19,20)8-25(9-17(21,22)23)14(28)10-3-4-12(13(6-10)27(31)32)24-7-11-2-1-5-26(11)15(29)30/h3-4,6,11,24H,1-2,5,7-9H2,(H,29,30)/t11-/m0/s1. The van der Waals surface area contributed by atoms with Gasteiger partial charge in [0.05, 0.1) is 11.0 Å². The van der Waals surface area contributed by atoms with Crippen molar-refractivity contribution in [2.24, 2.45) is 0 Å². The van der Waals surface area contributed by atoms with Crippen LogP contribution in [0.15, 0.2) is 18.2 Å². The molecule has 2 N–H and O–H groups in total. The van der Waals surface area contributed by atoms with Crippen molar-refractivity contribution in [3.05, 3.63) is 33.9 Å². The van der Waals surface area contributed by atoms with Gasteiger partial charge in [0.25, 0.3) is 11.6 Å². The van der Waals surface area contributed by atoms with Gasteiger partial charge in [-0.15, -0.1) is 0 Å². The van der Waals surface area contributed by atoms with E-state index in [1.807, 2.05) is 0 Å². The zero-order valence-electron chi connectivity index (χ0n) is 16.2. The third-order valence-corrected chi connectivity index (χ3v) is 4.62. The maximum absolute atomic E-state index is 12.6. The number of likely N-dealkylation sites (tertiary alicyclic amines) is 1. The van der Waals surface area contributed by atoms with Crippen LogP contribution in [0, 0.1) is 10.1 Å². The predicted octanol–water partition coefficient (Wildman–Crippen LogP) is 3.72. The van der Waals surface area contributed by atoms with Crippen molar-refractivity contribution in [1.29, 1.82) is 0 Å². The number of hydrogen-bond acceptors (Lipinski definition) is 5. The summed E-state index contributed by atoms with van der Waals surface area (Å²) in [6.45, 7) is -4.11. The van der Waals surface area contributed by atoms with Crippen LogP contribution in [0.2, 0.25) is 0 Å². The molecule has 0 aromatic heterocycles. The van der Waals surface area contributed by atoms with Gasteiger partial charge >= 0.3 is 18.4 Å². The Morgan fingerprint density at radius 2 is 1.78 bits per heavy atom. The lowest BCUT2D eigenvalue weighted by Crippen LogP contribution is -2.44. The first-order valence-corrected chi connectivity index (χ1v) is 9.12. The molecule has 178 valence electrons. The fourth-order valence-electron chi connectivity index (χ4n) is 3.31. The fourth-order valence-corrected chi connectivity index (χ4v) is 3.31. The first kappa shape index (κ1) is 25.0. The van der Waals surface area contributed by atoms with Crippen LogP contribution in [0.3, 0.4) is 0 Å². The smallest absolute Gasteiger partial charge is 0.407 e. The van der Waals surface area contributed by atoms with E-state index in [9.17, 15) is 46.0 Å². The van der Waals surface area contributed by atoms with E-state index in [-0.39, 0.29) is 18.8 Å². The Labute approximate surface area is 176 Å². The van der Waals surface area contributed by atoms with Crippen molar-refractivity contribution >= 4 is 23.4 Å². The van der Waals surface area contributed by atoms with Gasteiger partial charge in [-0.05, 0) is 25.0 Å². The van der Waals surface area contributed by atoms with E-state index in [0.29, 0.717) is 18.9 Å². The maximum Gasteiger partial charge on any atom is 0.407 e. The number of carbonyl (C=O) groups is 2. The Bertz CT molecular complexity index is 860. The van der Waals surface area contributed by atoms with Crippen molar-refractivity contribution in [2.75, 3.05) is 31.5 Å². The van der Waals surface area contributed by atoms with Crippen LogP contribution in [0.4, 0.5) is 42.5 Å². The number of nitrogens with one attached hydrogen (secondary N) is 1. The number of nitro groups is 1. The molecule has 1 heterocycles. The van der Waals surface area contributed by atoms with E-state index >= 15 is 0 Å². The molecule has 0 bridgehead atoms. The number of nitro benzene ring substituents is 1. The summed E-state index contributed by atoms with van der Waals surface area (Å²) in [5.74, 6) is -1.68. The molecule has 0 aliphatic carbocycles. The summed E-state index contributed by atoms with van der Waals surface area (Å²) in [4.78, 5) is 34.5. The Kier molecular flexibility index (Phi) is 7.41. The number of carboxylic acid groups (broad SMARTS) is 1. The third kappa shape index (κ3) is 6.88. The molecule has 9 nitrogen and oxygen atoms in total. The molecule has 1 aliphatic heterocycles. The minimum absolute atomic E-state index is 0.0191. The van der Waals surface area contributed by atoms with Gasteiger partial charge in [0.1, 0.15) is 18.8 Å². The van der Waals surface area contributed by atoms with Crippen LogP contribution < -0.4 is 5.32 Å². The Morgan fingerprint density at radius 3 is 2.28 bits per heavy atom. The van der Waals surface area contributed by atoms with Crippen molar-refractivity contribution in [1.82, 2.24) is 9.80 Å². The fraction of sp³-hybridized carbons (Fsp3) is 0.529. The SMILES string of the molecule is O=C(c1ccc(NC[C@@H]2CCCN2C(=O)O)c([N+](=O)[O-])c1)N(CC(F)(F)F)CC(F)(F)F. The highest BCUT2D eigenvalue weighted by molar-refractivity contribution is 5.95. The molecule has 1 atom stereocenters. The second-order valence-electron chi connectivity index (χ2n) is 7.03. The normalized spacial score (nSPS) is 16.7. The van der Waals surface area contributed by atoms with Crippen molar-refractivity contribution in [3.8, 4) is 0 Å². The number of rotatable bonds is 7. The van der Waals surface area contributed by atoms with Gasteiger partial charge in [-0.25, -0.2) is 4.79 Å². The number of anilines is 1. The second-order valence-corrected chi connectivity index (χ2v) is 7.03. The minimum Gasteiger partial charge on any atom is -0.465 e. The van der Waals surface area contributed by atoms with Crippen LogP contribution in [0.25, 0.3) is 0 Å². The molecule has 2 amide bonds.